The minimum absolute atomic E-state index is 0.0729. The van der Waals surface area contributed by atoms with E-state index >= 15 is 0 Å². The van der Waals surface area contributed by atoms with E-state index in [1.165, 1.54) is 0 Å². The minimum Gasteiger partial charge on any atom is -0.399 e. The van der Waals surface area contributed by atoms with Crippen molar-refractivity contribution in [1.29, 1.82) is 0 Å². The molecule has 0 aromatic heterocycles. The molecule has 5 heteroatoms. The Bertz CT molecular complexity index is 450. The number of piperazine rings is 1. The average Bonchev–Trinajstić information content (AvgIpc) is 2.34. The molecular formula is C13H18ClN3O. The Morgan fingerprint density at radius 2 is 2.33 bits per heavy atom. The van der Waals surface area contributed by atoms with Crippen molar-refractivity contribution < 1.29 is 4.79 Å². The van der Waals surface area contributed by atoms with Crippen LogP contribution in [0.1, 0.15) is 18.9 Å². The second-order valence-corrected chi connectivity index (χ2v) is 4.94. The molecule has 4 nitrogen and oxygen atoms in total. The molecule has 3 N–H and O–H groups in total. The van der Waals surface area contributed by atoms with Crippen LogP contribution in [-0.4, -0.2) is 29.9 Å². The summed E-state index contributed by atoms with van der Waals surface area (Å²) in [5, 5.41) is 3.59. The van der Waals surface area contributed by atoms with Gasteiger partial charge in [-0.1, -0.05) is 18.5 Å². The maximum absolute atomic E-state index is 11.8. The quantitative estimate of drug-likeness (QED) is 0.819. The summed E-state index contributed by atoms with van der Waals surface area (Å²) in [5.41, 5.74) is 7.45. The molecule has 1 aliphatic heterocycles. The topological polar surface area (TPSA) is 58.4 Å². The van der Waals surface area contributed by atoms with Gasteiger partial charge < -0.3 is 11.1 Å². The number of halogens is 1. The zero-order valence-electron chi connectivity index (χ0n) is 10.4. The lowest BCUT2D eigenvalue weighted by molar-refractivity contribution is -0.129. The van der Waals surface area contributed by atoms with E-state index in [2.05, 4.69) is 10.2 Å². The van der Waals surface area contributed by atoms with Crippen LogP contribution in [0.2, 0.25) is 5.02 Å². The first kappa shape index (κ1) is 13.2. The minimum atomic E-state index is -0.0729. The van der Waals surface area contributed by atoms with Gasteiger partial charge >= 0.3 is 0 Å². The van der Waals surface area contributed by atoms with E-state index < -0.39 is 0 Å². The van der Waals surface area contributed by atoms with Crippen molar-refractivity contribution in [3.8, 4) is 0 Å². The molecule has 0 bridgehead atoms. The van der Waals surface area contributed by atoms with Crippen LogP contribution < -0.4 is 11.1 Å². The van der Waals surface area contributed by atoms with Gasteiger partial charge in [0.25, 0.3) is 0 Å². The lowest BCUT2D eigenvalue weighted by Crippen LogP contribution is -2.54. The summed E-state index contributed by atoms with van der Waals surface area (Å²) in [6.07, 6.45) is 0.797. The summed E-state index contributed by atoms with van der Waals surface area (Å²) in [5.74, 6) is 0.101. The molecule has 1 amide bonds. The highest BCUT2D eigenvalue weighted by Gasteiger charge is 2.28. The van der Waals surface area contributed by atoms with Gasteiger partial charge in [-0.25, -0.2) is 0 Å². The molecular weight excluding hydrogens is 250 g/mol. The molecule has 1 unspecified atom stereocenters. The van der Waals surface area contributed by atoms with Crippen molar-refractivity contribution >= 4 is 23.2 Å². The highest BCUT2D eigenvalue weighted by molar-refractivity contribution is 6.31. The Morgan fingerprint density at radius 1 is 1.56 bits per heavy atom. The molecule has 1 atom stereocenters. The standard InChI is InChI=1S/C13H18ClN3O/c1-2-12-13(18)16-5-6-17(12)8-9-7-10(15)3-4-11(9)14/h3-4,7,12H,2,5-6,8,15H2,1H3,(H,16,18). The third kappa shape index (κ3) is 2.76. The van der Waals surface area contributed by atoms with Gasteiger partial charge in [-0.2, -0.15) is 0 Å². The zero-order valence-corrected chi connectivity index (χ0v) is 11.2. The number of anilines is 1. The van der Waals surface area contributed by atoms with Crippen molar-refractivity contribution in [2.75, 3.05) is 18.8 Å². The number of carbonyl (C=O) groups excluding carboxylic acids is 1. The van der Waals surface area contributed by atoms with Gasteiger partial charge in [-0.05, 0) is 30.2 Å². The van der Waals surface area contributed by atoms with Gasteiger partial charge in [-0.15, -0.1) is 0 Å². The summed E-state index contributed by atoms with van der Waals surface area (Å²) in [4.78, 5) is 13.9. The second-order valence-electron chi connectivity index (χ2n) is 4.54. The molecule has 0 spiro atoms. The third-order valence-electron chi connectivity index (χ3n) is 3.27. The van der Waals surface area contributed by atoms with E-state index in [0.717, 1.165) is 18.5 Å². The van der Waals surface area contributed by atoms with Gasteiger partial charge in [-0.3, -0.25) is 9.69 Å². The molecule has 98 valence electrons. The maximum atomic E-state index is 11.8. The van der Waals surface area contributed by atoms with Crippen LogP contribution in [0.15, 0.2) is 18.2 Å². The number of nitrogens with one attached hydrogen (secondary N) is 1. The smallest absolute Gasteiger partial charge is 0.237 e. The second kappa shape index (κ2) is 5.59. The first-order valence-electron chi connectivity index (χ1n) is 6.17. The number of amides is 1. The molecule has 0 saturated carbocycles. The fourth-order valence-electron chi connectivity index (χ4n) is 2.33. The average molecular weight is 268 g/mol. The molecule has 0 aliphatic carbocycles. The highest BCUT2D eigenvalue weighted by atomic mass is 35.5. The van der Waals surface area contributed by atoms with Crippen LogP contribution in [0.5, 0.6) is 0 Å². The molecule has 1 fully saturated rings. The zero-order chi connectivity index (χ0) is 13.1. The van der Waals surface area contributed by atoms with Crippen molar-refractivity contribution in [2.45, 2.75) is 25.9 Å². The van der Waals surface area contributed by atoms with E-state index in [1.54, 1.807) is 12.1 Å². The highest BCUT2D eigenvalue weighted by Crippen LogP contribution is 2.22. The molecule has 2 rings (SSSR count). The Labute approximate surface area is 112 Å². The number of nitrogen functional groups attached to an aromatic ring is 1. The summed E-state index contributed by atoms with van der Waals surface area (Å²) in [6.45, 7) is 4.21. The lowest BCUT2D eigenvalue weighted by atomic mass is 10.1. The Morgan fingerprint density at radius 3 is 3.06 bits per heavy atom. The number of hydrogen-bond donors (Lipinski definition) is 2. The molecule has 0 radical (unpaired) electrons. The van der Waals surface area contributed by atoms with E-state index in [4.69, 9.17) is 17.3 Å². The van der Waals surface area contributed by atoms with Crippen LogP contribution in [0, 0.1) is 0 Å². The van der Waals surface area contributed by atoms with E-state index in [9.17, 15) is 4.79 Å². The van der Waals surface area contributed by atoms with Crippen LogP contribution in [0.3, 0.4) is 0 Å². The normalized spacial score (nSPS) is 20.8. The summed E-state index contributed by atoms with van der Waals surface area (Å²) >= 11 is 6.16. The first-order valence-corrected chi connectivity index (χ1v) is 6.55. The lowest BCUT2D eigenvalue weighted by Gasteiger charge is -2.34. The Balaban J connectivity index is 2.16. The number of rotatable bonds is 3. The molecule has 1 aromatic carbocycles. The summed E-state index contributed by atoms with van der Waals surface area (Å²) < 4.78 is 0. The van der Waals surface area contributed by atoms with Crippen molar-refractivity contribution in [3.05, 3.63) is 28.8 Å². The number of carbonyl (C=O) groups is 1. The fourth-order valence-corrected chi connectivity index (χ4v) is 2.51. The molecule has 1 aromatic rings. The van der Waals surface area contributed by atoms with Gasteiger partial charge in [0, 0.05) is 30.3 Å². The SMILES string of the molecule is CCC1C(=O)NCCN1Cc1cc(N)ccc1Cl. The van der Waals surface area contributed by atoms with Gasteiger partial charge in [0.15, 0.2) is 0 Å². The van der Waals surface area contributed by atoms with Gasteiger partial charge in [0.05, 0.1) is 6.04 Å². The third-order valence-corrected chi connectivity index (χ3v) is 3.64. The molecule has 1 heterocycles. The largest absolute Gasteiger partial charge is 0.399 e. The molecule has 1 aliphatic rings. The molecule has 18 heavy (non-hydrogen) atoms. The summed E-state index contributed by atoms with van der Waals surface area (Å²) in [7, 11) is 0. The number of nitrogens with zero attached hydrogens (tertiary/aromatic N) is 1. The number of nitrogens with two attached hydrogens (primary N) is 1. The fraction of sp³-hybridized carbons (Fsp3) is 0.462. The van der Waals surface area contributed by atoms with Gasteiger partial charge in [0.1, 0.15) is 0 Å². The van der Waals surface area contributed by atoms with Crippen LogP contribution in [0.4, 0.5) is 5.69 Å². The van der Waals surface area contributed by atoms with E-state index in [0.29, 0.717) is 23.8 Å². The number of hydrogen-bond acceptors (Lipinski definition) is 3. The summed E-state index contributed by atoms with van der Waals surface area (Å²) in [6, 6.07) is 5.39. The monoisotopic (exact) mass is 267 g/mol. The number of benzene rings is 1. The predicted molar refractivity (Wildman–Crippen MR) is 73.4 cm³/mol. The van der Waals surface area contributed by atoms with Crippen LogP contribution >= 0.6 is 11.6 Å². The van der Waals surface area contributed by atoms with Crippen LogP contribution in [0.25, 0.3) is 0 Å². The first-order chi connectivity index (χ1) is 8.61. The Hall–Kier alpha value is -1.26. The van der Waals surface area contributed by atoms with E-state index in [1.807, 2.05) is 13.0 Å². The van der Waals surface area contributed by atoms with E-state index in [-0.39, 0.29) is 11.9 Å². The predicted octanol–water partition coefficient (Wildman–Crippen LogP) is 1.63. The van der Waals surface area contributed by atoms with Crippen molar-refractivity contribution in [2.24, 2.45) is 0 Å². The van der Waals surface area contributed by atoms with Crippen molar-refractivity contribution in [1.82, 2.24) is 10.2 Å². The molecule has 1 saturated heterocycles. The maximum Gasteiger partial charge on any atom is 0.237 e. The Kier molecular flexibility index (Phi) is 4.09. The van der Waals surface area contributed by atoms with Crippen LogP contribution in [-0.2, 0) is 11.3 Å². The van der Waals surface area contributed by atoms with Crippen molar-refractivity contribution in [3.63, 3.8) is 0 Å². The van der Waals surface area contributed by atoms with Gasteiger partial charge in [0.2, 0.25) is 5.91 Å².